The standard InChI is InChI=1S/C15H12N2S/c1-2-11-4-6-16-7-8-17-14-5-9-18-10-13(14)12(3-1)15(11)17/h1-7,9H,8,10H2. The van der Waals surface area contributed by atoms with Crippen LogP contribution in [0.15, 0.2) is 34.8 Å². The molecule has 0 unspecified atom stereocenters. The zero-order valence-corrected chi connectivity index (χ0v) is 10.7. The summed E-state index contributed by atoms with van der Waals surface area (Å²) >= 11 is 1.87. The Morgan fingerprint density at radius 1 is 1.22 bits per heavy atom. The summed E-state index contributed by atoms with van der Waals surface area (Å²) in [5.41, 5.74) is 5.41. The third-order valence-electron chi connectivity index (χ3n) is 3.52. The Balaban J connectivity index is 2.18. The van der Waals surface area contributed by atoms with Gasteiger partial charge in [0.25, 0.3) is 0 Å². The molecule has 2 aliphatic rings. The van der Waals surface area contributed by atoms with E-state index in [0.717, 1.165) is 12.3 Å². The first-order valence-electron chi connectivity index (χ1n) is 6.05. The molecule has 0 aliphatic carbocycles. The summed E-state index contributed by atoms with van der Waals surface area (Å²) in [5, 5.41) is 3.58. The van der Waals surface area contributed by atoms with E-state index < -0.39 is 0 Å². The molecule has 0 spiro atoms. The molecule has 0 atom stereocenters. The lowest BCUT2D eigenvalue weighted by Gasteiger charge is -2.10. The highest BCUT2D eigenvalue weighted by atomic mass is 32.2. The Labute approximate surface area is 110 Å². The molecule has 3 heteroatoms. The summed E-state index contributed by atoms with van der Waals surface area (Å²) in [7, 11) is 0. The molecule has 0 N–H and O–H groups in total. The molecular weight excluding hydrogens is 240 g/mol. The lowest BCUT2D eigenvalue weighted by molar-refractivity contribution is 0.890. The molecule has 0 radical (unpaired) electrons. The van der Waals surface area contributed by atoms with Crippen molar-refractivity contribution in [1.82, 2.24) is 4.57 Å². The van der Waals surface area contributed by atoms with E-state index in [1.165, 1.54) is 27.7 Å². The number of rotatable bonds is 0. The van der Waals surface area contributed by atoms with Crippen molar-refractivity contribution in [2.75, 3.05) is 0 Å². The topological polar surface area (TPSA) is 17.3 Å². The van der Waals surface area contributed by atoms with E-state index in [1.807, 2.05) is 24.2 Å². The third-order valence-corrected chi connectivity index (χ3v) is 4.31. The Kier molecular flexibility index (Phi) is 2.20. The van der Waals surface area contributed by atoms with Crippen LogP contribution in [0.4, 0.5) is 0 Å². The fourth-order valence-corrected chi connectivity index (χ4v) is 3.54. The second-order valence-corrected chi connectivity index (χ2v) is 5.37. The van der Waals surface area contributed by atoms with Gasteiger partial charge in [0.1, 0.15) is 0 Å². The van der Waals surface area contributed by atoms with Gasteiger partial charge >= 0.3 is 0 Å². The van der Waals surface area contributed by atoms with Gasteiger partial charge in [-0.2, -0.15) is 0 Å². The van der Waals surface area contributed by atoms with Gasteiger partial charge in [-0.15, -0.1) is 11.8 Å². The molecule has 2 aromatic rings. The molecule has 0 fully saturated rings. The molecule has 1 aromatic carbocycles. The molecule has 0 amide bonds. The summed E-state index contributed by atoms with van der Waals surface area (Å²) < 4.78 is 2.38. The highest BCUT2D eigenvalue weighted by Gasteiger charge is 2.18. The average molecular weight is 252 g/mol. The predicted molar refractivity (Wildman–Crippen MR) is 79.8 cm³/mol. The second kappa shape index (κ2) is 3.89. The van der Waals surface area contributed by atoms with Gasteiger partial charge in [-0.3, -0.25) is 4.99 Å². The van der Waals surface area contributed by atoms with E-state index in [0.29, 0.717) is 0 Å². The van der Waals surface area contributed by atoms with Crippen LogP contribution >= 0.6 is 11.8 Å². The predicted octanol–water partition coefficient (Wildman–Crippen LogP) is 3.91. The molecule has 1 aromatic heterocycles. The van der Waals surface area contributed by atoms with E-state index in [2.05, 4.69) is 45.3 Å². The fourth-order valence-electron chi connectivity index (χ4n) is 2.75. The number of nitrogens with zero attached hydrogens (tertiary/aromatic N) is 2. The number of hydrogen-bond acceptors (Lipinski definition) is 2. The minimum Gasteiger partial charge on any atom is -0.335 e. The van der Waals surface area contributed by atoms with Crippen LogP contribution in [0.3, 0.4) is 0 Å². The van der Waals surface area contributed by atoms with E-state index in [1.54, 1.807) is 0 Å². The maximum atomic E-state index is 4.29. The SMILES string of the molecule is C1=Cc2cccc3c4c(n(c23)CC=N1)C=CSC4. The molecule has 3 heterocycles. The molecule has 2 aliphatic heterocycles. The van der Waals surface area contributed by atoms with Crippen molar-refractivity contribution in [3.63, 3.8) is 0 Å². The smallest absolute Gasteiger partial charge is 0.0585 e. The van der Waals surface area contributed by atoms with Crippen LogP contribution in [0.25, 0.3) is 23.1 Å². The fraction of sp³-hybridized carbons (Fsp3) is 0.133. The summed E-state index contributed by atoms with van der Waals surface area (Å²) in [6.45, 7) is 0.849. The Hall–Kier alpha value is -1.74. The summed E-state index contributed by atoms with van der Waals surface area (Å²) in [4.78, 5) is 4.29. The van der Waals surface area contributed by atoms with Crippen LogP contribution in [0.5, 0.6) is 0 Å². The van der Waals surface area contributed by atoms with Gasteiger partial charge in [-0.05, 0) is 23.1 Å². The van der Waals surface area contributed by atoms with Crippen LogP contribution in [0, 0.1) is 0 Å². The van der Waals surface area contributed by atoms with Gasteiger partial charge in [0.05, 0.1) is 12.1 Å². The van der Waals surface area contributed by atoms with Crippen molar-refractivity contribution >= 4 is 41.0 Å². The molecule has 88 valence electrons. The van der Waals surface area contributed by atoms with Crippen LogP contribution in [-0.2, 0) is 12.3 Å². The van der Waals surface area contributed by atoms with Gasteiger partial charge in [-0.25, -0.2) is 0 Å². The summed E-state index contributed by atoms with van der Waals surface area (Å²) in [6, 6.07) is 6.54. The van der Waals surface area contributed by atoms with Crippen LogP contribution in [0.2, 0.25) is 0 Å². The van der Waals surface area contributed by atoms with Crippen molar-refractivity contribution in [1.29, 1.82) is 0 Å². The number of aliphatic imine (C=N–C) groups is 1. The van der Waals surface area contributed by atoms with E-state index in [-0.39, 0.29) is 0 Å². The van der Waals surface area contributed by atoms with Crippen LogP contribution in [0.1, 0.15) is 16.8 Å². The number of benzene rings is 1. The van der Waals surface area contributed by atoms with E-state index in [9.17, 15) is 0 Å². The first-order chi connectivity index (χ1) is 8.95. The maximum absolute atomic E-state index is 4.29. The minimum atomic E-state index is 0.849. The number of thioether (sulfide) groups is 1. The van der Waals surface area contributed by atoms with Crippen molar-refractivity contribution in [2.45, 2.75) is 12.3 Å². The molecule has 0 bridgehead atoms. The average Bonchev–Trinajstić information content (AvgIpc) is 2.70. The lowest BCUT2D eigenvalue weighted by Crippen LogP contribution is -2.04. The quantitative estimate of drug-likeness (QED) is 0.694. The molecule has 18 heavy (non-hydrogen) atoms. The van der Waals surface area contributed by atoms with E-state index >= 15 is 0 Å². The normalized spacial score (nSPS) is 16.7. The number of para-hydroxylation sites is 1. The largest absolute Gasteiger partial charge is 0.335 e. The highest BCUT2D eigenvalue weighted by Crippen LogP contribution is 2.36. The molecule has 4 rings (SSSR count). The Morgan fingerprint density at radius 3 is 3.22 bits per heavy atom. The van der Waals surface area contributed by atoms with E-state index in [4.69, 9.17) is 0 Å². The first-order valence-corrected chi connectivity index (χ1v) is 7.10. The van der Waals surface area contributed by atoms with Crippen LogP contribution in [-0.4, -0.2) is 10.8 Å². The van der Waals surface area contributed by atoms with Gasteiger partial charge in [0.15, 0.2) is 0 Å². The summed E-state index contributed by atoms with van der Waals surface area (Å²) in [5.74, 6) is 1.07. The van der Waals surface area contributed by atoms with Crippen molar-refractivity contribution in [3.8, 4) is 0 Å². The molecule has 2 nitrogen and oxygen atoms in total. The maximum Gasteiger partial charge on any atom is 0.0585 e. The summed E-state index contributed by atoms with van der Waals surface area (Å²) in [6.07, 6.45) is 8.18. The van der Waals surface area contributed by atoms with Gasteiger partial charge in [-0.1, -0.05) is 18.2 Å². The molecule has 0 saturated heterocycles. The molecular formula is C15H12N2S. The lowest BCUT2D eigenvalue weighted by atomic mass is 10.1. The van der Waals surface area contributed by atoms with Gasteiger partial charge in [0, 0.05) is 34.8 Å². The van der Waals surface area contributed by atoms with Gasteiger partial charge < -0.3 is 4.57 Å². The molecule has 0 saturated carbocycles. The van der Waals surface area contributed by atoms with Gasteiger partial charge in [0.2, 0.25) is 0 Å². The van der Waals surface area contributed by atoms with Crippen molar-refractivity contribution < 1.29 is 0 Å². The Bertz CT molecular complexity index is 720. The van der Waals surface area contributed by atoms with Crippen molar-refractivity contribution in [2.24, 2.45) is 4.99 Å². The monoisotopic (exact) mass is 252 g/mol. The third kappa shape index (κ3) is 1.34. The second-order valence-electron chi connectivity index (χ2n) is 4.48. The Morgan fingerprint density at radius 2 is 2.22 bits per heavy atom. The zero-order valence-electron chi connectivity index (χ0n) is 9.84. The number of fused-ring (bicyclic) bond motifs is 3. The minimum absolute atomic E-state index is 0.849. The van der Waals surface area contributed by atoms with Crippen LogP contribution < -0.4 is 0 Å². The van der Waals surface area contributed by atoms with Crippen molar-refractivity contribution in [3.05, 3.63) is 46.6 Å². The zero-order chi connectivity index (χ0) is 11.9. The number of aromatic nitrogens is 1. The highest BCUT2D eigenvalue weighted by molar-refractivity contribution is 8.01. The number of hydrogen-bond donors (Lipinski definition) is 0. The first kappa shape index (κ1) is 10.2.